The lowest BCUT2D eigenvalue weighted by Crippen LogP contribution is -2.32. The maximum Gasteiger partial charge on any atom is 0.213 e. The summed E-state index contributed by atoms with van der Waals surface area (Å²) in [5.41, 5.74) is 2.84. The van der Waals surface area contributed by atoms with Gasteiger partial charge in [0.15, 0.2) is 21.5 Å². The van der Waals surface area contributed by atoms with Crippen LogP contribution in [0.15, 0.2) is 35.1 Å². The first-order valence-corrected chi connectivity index (χ1v) is 14.7. The van der Waals surface area contributed by atoms with Crippen LogP contribution in [0.3, 0.4) is 0 Å². The van der Waals surface area contributed by atoms with Crippen molar-refractivity contribution in [3.8, 4) is 17.4 Å². The minimum absolute atomic E-state index is 0.243. The summed E-state index contributed by atoms with van der Waals surface area (Å²) in [6.45, 7) is 12.7. The molecule has 0 aliphatic carbocycles. The van der Waals surface area contributed by atoms with Gasteiger partial charge >= 0.3 is 0 Å². The van der Waals surface area contributed by atoms with Crippen molar-refractivity contribution in [2.45, 2.75) is 77.7 Å². The molecule has 0 N–H and O–H groups in total. The Bertz CT molecular complexity index is 1540. The molecule has 0 spiro atoms. The second-order valence-corrected chi connectivity index (χ2v) is 12.4. The molecule has 40 heavy (non-hydrogen) atoms. The maximum absolute atomic E-state index is 13.9. The quantitative estimate of drug-likeness (QED) is 0.257. The summed E-state index contributed by atoms with van der Waals surface area (Å²) in [7, 11) is -2.33. The third-order valence-corrected chi connectivity index (χ3v) is 8.66. The fourth-order valence-electron chi connectivity index (χ4n) is 4.60. The number of hydrogen-bond donors (Lipinski definition) is 0. The third kappa shape index (κ3) is 6.04. The molecule has 12 nitrogen and oxygen atoms in total. The molecule has 0 aliphatic rings. The maximum atomic E-state index is 13.9. The van der Waals surface area contributed by atoms with E-state index in [1.165, 1.54) is 7.11 Å². The lowest BCUT2D eigenvalue weighted by Gasteiger charge is -2.25. The van der Waals surface area contributed by atoms with Crippen LogP contribution in [0.5, 0.6) is 5.88 Å². The number of methoxy groups -OCH3 is 1. The molecule has 0 saturated carbocycles. The lowest BCUT2D eigenvalue weighted by atomic mass is 10.1. The van der Waals surface area contributed by atoms with E-state index in [1.54, 1.807) is 42.1 Å². The van der Waals surface area contributed by atoms with Crippen LogP contribution in [0.1, 0.15) is 74.1 Å². The Kier molecular flexibility index (Phi) is 8.64. The Morgan fingerprint density at radius 2 is 1.73 bits per heavy atom. The van der Waals surface area contributed by atoms with Crippen LogP contribution in [0, 0.1) is 20.8 Å². The van der Waals surface area contributed by atoms with Crippen molar-refractivity contribution in [1.29, 1.82) is 0 Å². The average molecular weight is 570 g/mol. The summed E-state index contributed by atoms with van der Waals surface area (Å²) < 4.78 is 46.4. The number of rotatable bonds is 11. The number of hydrogen-bond acceptors (Lipinski definition) is 11. The van der Waals surface area contributed by atoms with Crippen LogP contribution >= 0.6 is 0 Å². The van der Waals surface area contributed by atoms with Gasteiger partial charge < -0.3 is 18.6 Å². The average Bonchev–Trinajstić information content (AvgIpc) is 3.48. The largest absolute Gasteiger partial charge is 0.481 e. The van der Waals surface area contributed by atoms with Crippen molar-refractivity contribution in [3.63, 3.8) is 0 Å². The van der Waals surface area contributed by atoms with Gasteiger partial charge in [0.25, 0.3) is 0 Å². The van der Waals surface area contributed by atoms with Gasteiger partial charge in [0.05, 0.1) is 30.2 Å². The normalized spacial score (nSPS) is 14.3. The van der Waals surface area contributed by atoms with Crippen LogP contribution in [-0.2, 0) is 20.3 Å². The molecule has 0 radical (unpaired) electrons. The van der Waals surface area contributed by atoms with E-state index in [2.05, 4.69) is 30.3 Å². The summed E-state index contributed by atoms with van der Waals surface area (Å²) in [6, 6.07) is 4.87. The van der Waals surface area contributed by atoms with E-state index >= 15 is 0 Å². The molecular weight excluding hydrogens is 534 g/mol. The molecule has 3 atom stereocenters. The molecule has 4 aromatic rings. The van der Waals surface area contributed by atoms with E-state index in [4.69, 9.17) is 14.0 Å². The van der Waals surface area contributed by atoms with E-state index in [1.807, 2.05) is 41.5 Å². The highest BCUT2D eigenvalue weighted by molar-refractivity contribution is 7.91. The second kappa shape index (κ2) is 11.8. The van der Waals surface area contributed by atoms with Crippen LogP contribution in [0.4, 0.5) is 0 Å². The van der Waals surface area contributed by atoms with Crippen LogP contribution in [-0.4, -0.2) is 61.8 Å². The van der Waals surface area contributed by atoms with Crippen molar-refractivity contribution in [2.75, 3.05) is 7.11 Å². The second-order valence-electron chi connectivity index (χ2n) is 10.0. The minimum atomic E-state index is -3.86. The van der Waals surface area contributed by atoms with Crippen molar-refractivity contribution in [2.24, 2.45) is 0 Å². The molecule has 214 valence electrons. The predicted octanol–water partition coefficient (Wildman–Crippen LogP) is 4.13. The van der Waals surface area contributed by atoms with Crippen LogP contribution < -0.4 is 4.74 Å². The smallest absolute Gasteiger partial charge is 0.213 e. The van der Waals surface area contributed by atoms with E-state index in [-0.39, 0.29) is 11.9 Å². The molecule has 0 bridgehead atoms. The molecule has 13 heteroatoms. The Hall–Kier alpha value is -3.71. The molecule has 0 fully saturated rings. The molecule has 4 rings (SSSR count). The van der Waals surface area contributed by atoms with Crippen LogP contribution in [0.2, 0.25) is 0 Å². The van der Waals surface area contributed by atoms with E-state index < -0.39 is 33.0 Å². The third-order valence-electron chi connectivity index (χ3n) is 6.62. The van der Waals surface area contributed by atoms with E-state index in [9.17, 15) is 8.42 Å². The molecule has 4 heterocycles. The zero-order valence-corrected chi connectivity index (χ0v) is 24.8. The summed E-state index contributed by atoms with van der Waals surface area (Å²) in [4.78, 5) is 13.2. The highest BCUT2D eigenvalue weighted by Crippen LogP contribution is 2.33. The van der Waals surface area contributed by atoms with Gasteiger partial charge in [-0.2, -0.15) is 0 Å². The van der Waals surface area contributed by atoms with Gasteiger partial charge in [0, 0.05) is 24.0 Å². The Morgan fingerprint density at radius 1 is 1.02 bits per heavy atom. The Balaban J connectivity index is 1.79. The van der Waals surface area contributed by atoms with Crippen LogP contribution in [0.25, 0.3) is 11.5 Å². The molecule has 4 aromatic heterocycles. The first-order valence-electron chi connectivity index (χ1n) is 13.0. The summed E-state index contributed by atoms with van der Waals surface area (Å²) in [5.74, 6) is 1.55. The van der Waals surface area contributed by atoms with Gasteiger partial charge in [0.1, 0.15) is 29.1 Å². The molecule has 0 unspecified atom stereocenters. The topological polar surface area (TPSA) is 148 Å². The SMILES string of the molecule is COc1cccc(-c2nnc(CS(=O)(=O)[C@@H](C)[C@@H](OC(C)C)c3ncc(C)cn3)n2[C@H](C)c2c(C)noc2C)n1. The van der Waals surface area contributed by atoms with Crippen molar-refractivity contribution in [1.82, 2.24) is 34.9 Å². The fraction of sp³-hybridized carbons (Fsp3) is 0.481. The molecular formula is C27H35N7O5S. The number of nitrogens with zero attached hydrogens (tertiary/aromatic N) is 7. The van der Waals surface area contributed by atoms with Crippen molar-refractivity contribution >= 4 is 9.84 Å². The van der Waals surface area contributed by atoms with Gasteiger partial charge in [-0.05, 0) is 60.1 Å². The zero-order valence-electron chi connectivity index (χ0n) is 24.0. The minimum Gasteiger partial charge on any atom is -0.481 e. The molecule has 0 aliphatic heterocycles. The molecule has 0 amide bonds. The number of pyridine rings is 1. The highest BCUT2D eigenvalue weighted by atomic mass is 32.2. The van der Waals surface area contributed by atoms with E-state index in [0.717, 1.165) is 11.1 Å². The van der Waals surface area contributed by atoms with E-state index in [0.29, 0.717) is 34.7 Å². The van der Waals surface area contributed by atoms with Gasteiger partial charge in [-0.25, -0.2) is 23.4 Å². The fourth-order valence-corrected chi connectivity index (χ4v) is 5.98. The van der Waals surface area contributed by atoms with Gasteiger partial charge in [-0.3, -0.25) is 0 Å². The predicted molar refractivity (Wildman–Crippen MR) is 147 cm³/mol. The summed E-state index contributed by atoms with van der Waals surface area (Å²) in [5, 5.41) is 11.8. The number of aryl methyl sites for hydroxylation is 3. The van der Waals surface area contributed by atoms with Crippen molar-refractivity contribution < 1.29 is 22.4 Å². The van der Waals surface area contributed by atoms with Gasteiger partial charge in [-0.15, -0.1) is 10.2 Å². The first kappa shape index (κ1) is 29.3. The highest BCUT2D eigenvalue weighted by Gasteiger charge is 2.36. The Labute approximate surface area is 234 Å². The van der Waals surface area contributed by atoms with Crippen molar-refractivity contribution in [3.05, 3.63) is 64.8 Å². The summed E-state index contributed by atoms with van der Waals surface area (Å²) >= 11 is 0. The standard InChI is InChI=1S/C27H35N7O5S/c1-15(2)38-25(26-28-12-16(3)13-29-26)20(7)40(35,36)14-22-31-32-27(21-10-9-11-23(30-21)37-8)34(22)18(5)24-17(4)33-39-19(24)6/h9-13,15,18,20,25H,14H2,1-8H3/t18-,20+,25-/m1/s1. The number of sulfone groups is 1. The lowest BCUT2D eigenvalue weighted by molar-refractivity contribution is 0.00140. The number of aromatic nitrogens is 7. The Morgan fingerprint density at radius 3 is 2.33 bits per heavy atom. The zero-order chi connectivity index (χ0) is 29.2. The molecule has 0 saturated heterocycles. The molecule has 0 aromatic carbocycles. The number of ether oxygens (including phenoxy) is 2. The monoisotopic (exact) mass is 569 g/mol. The summed E-state index contributed by atoms with van der Waals surface area (Å²) in [6.07, 6.45) is 2.17. The first-order chi connectivity index (χ1) is 18.9. The van der Waals surface area contributed by atoms with Gasteiger partial charge in [0.2, 0.25) is 5.88 Å². The van der Waals surface area contributed by atoms with Gasteiger partial charge in [-0.1, -0.05) is 11.2 Å².